The van der Waals surface area contributed by atoms with E-state index in [0.717, 1.165) is 51.3 Å². The second-order valence-corrected chi connectivity index (χ2v) is 15.9. The van der Waals surface area contributed by atoms with Crippen LogP contribution in [0.5, 0.6) is 0 Å². The van der Waals surface area contributed by atoms with Crippen molar-refractivity contribution in [2.45, 2.75) is 102 Å². The fourth-order valence-electron chi connectivity index (χ4n) is 8.65. The lowest BCUT2D eigenvalue weighted by Crippen LogP contribution is -2.36. The zero-order valence-electron chi connectivity index (χ0n) is 30.7. The van der Waals surface area contributed by atoms with Gasteiger partial charge in [-0.1, -0.05) is 38.1 Å². The minimum Gasteiger partial charge on any atom is -0.465 e. The Bertz CT molecular complexity index is 1980. The number of carbonyl (C=O) groups excluding carboxylic acids is 1. The SMILES string of the molecule is COC(=O)c1cccc(-c2cnc(N3CCC(c4nc5c(c(C6CCC(F)(F)CC6)c4Cc4ccc(C(F)(F)F)cc4)[C@@H](O)CC(C)(C)C5)CC3)nc2)c1. The summed E-state index contributed by atoms with van der Waals surface area (Å²) in [5, 5.41) is 11.7. The molecule has 0 radical (unpaired) electrons. The molecule has 0 unspecified atom stereocenters. The summed E-state index contributed by atoms with van der Waals surface area (Å²) in [5.41, 5.74) is 5.80. The van der Waals surface area contributed by atoms with Gasteiger partial charge in [-0.25, -0.2) is 23.5 Å². The highest BCUT2D eigenvalue weighted by Gasteiger charge is 2.42. The molecule has 3 aliphatic rings. The molecule has 2 aromatic carbocycles. The molecule has 2 aliphatic carbocycles. The van der Waals surface area contributed by atoms with E-state index in [2.05, 4.69) is 28.7 Å². The smallest absolute Gasteiger partial charge is 0.416 e. The van der Waals surface area contributed by atoms with Gasteiger partial charge in [-0.15, -0.1) is 0 Å². The third-order valence-electron chi connectivity index (χ3n) is 11.4. The second-order valence-electron chi connectivity index (χ2n) is 15.9. The van der Waals surface area contributed by atoms with Crippen LogP contribution in [0.25, 0.3) is 11.1 Å². The van der Waals surface area contributed by atoms with Crippen molar-refractivity contribution in [1.29, 1.82) is 0 Å². The Kier molecular flexibility index (Phi) is 10.3. The van der Waals surface area contributed by atoms with Crippen molar-refractivity contribution in [3.63, 3.8) is 0 Å². The molecule has 0 bridgehead atoms. The zero-order valence-corrected chi connectivity index (χ0v) is 30.7. The fourth-order valence-corrected chi connectivity index (χ4v) is 8.65. The van der Waals surface area contributed by atoms with Crippen LogP contribution in [0.1, 0.15) is 126 Å². The molecule has 286 valence electrons. The monoisotopic (exact) mass is 748 g/mol. The Balaban J connectivity index is 1.22. The minimum absolute atomic E-state index is 0.0118. The number of rotatable bonds is 7. The summed E-state index contributed by atoms with van der Waals surface area (Å²) >= 11 is 0. The van der Waals surface area contributed by atoms with E-state index in [0.29, 0.717) is 55.8 Å². The number of aromatic nitrogens is 3. The highest BCUT2D eigenvalue weighted by molar-refractivity contribution is 5.90. The van der Waals surface area contributed by atoms with Crippen molar-refractivity contribution in [3.8, 4) is 11.1 Å². The number of carbonyl (C=O) groups is 1. The van der Waals surface area contributed by atoms with E-state index in [1.54, 1.807) is 30.6 Å². The quantitative estimate of drug-likeness (QED) is 0.149. The predicted octanol–water partition coefficient (Wildman–Crippen LogP) is 9.62. The Hall–Kier alpha value is -4.45. The number of piperidine rings is 1. The number of halogens is 5. The van der Waals surface area contributed by atoms with Crippen molar-refractivity contribution in [3.05, 3.63) is 106 Å². The number of nitrogens with zero attached hydrogens (tertiary/aromatic N) is 4. The van der Waals surface area contributed by atoms with Crippen LogP contribution in [0, 0.1) is 5.41 Å². The topological polar surface area (TPSA) is 88.4 Å². The molecule has 1 atom stereocenters. The summed E-state index contributed by atoms with van der Waals surface area (Å²) in [6.07, 6.45) is 1.00. The molecule has 1 aliphatic heterocycles. The average molecular weight is 749 g/mol. The summed E-state index contributed by atoms with van der Waals surface area (Å²) in [6.45, 7) is 5.44. The molecule has 1 N–H and O–H groups in total. The normalized spacial score (nSPS) is 20.4. The number of aliphatic hydroxyl groups is 1. The first kappa shape index (κ1) is 37.8. The summed E-state index contributed by atoms with van der Waals surface area (Å²) in [4.78, 5) is 28.8. The third kappa shape index (κ3) is 7.99. The lowest BCUT2D eigenvalue weighted by atomic mass is 9.68. The Morgan fingerprint density at radius 1 is 0.926 bits per heavy atom. The van der Waals surface area contributed by atoms with Gasteiger partial charge in [0.25, 0.3) is 0 Å². The van der Waals surface area contributed by atoms with Gasteiger partial charge in [-0.05, 0) is 103 Å². The van der Waals surface area contributed by atoms with E-state index in [9.17, 15) is 31.9 Å². The fraction of sp³-hybridized carbons (Fsp3) is 0.476. The molecule has 1 saturated heterocycles. The molecule has 12 heteroatoms. The number of anilines is 1. The van der Waals surface area contributed by atoms with Crippen molar-refractivity contribution >= 4 is 11.9 Å². The largest absolute Gasteiger partial charge is 0.465 e. The molecule has 54 heavy (non-hydrogen) atoms. The number of esters is 1. The van der Waals surface area contributed by atoms with Crippen LogP contribution in [0.4, 0.5) is 27.9 Å². The van der Waals surface area contributed by atoms with Gasteiger partial charge in [-0.3, -0.25) is 4.98 Å². The zero-order chi connectivity index (χ0) is 38.4. The standard InChI is InChI=1S/C42H45F5N4O3/c1-40(2)21-33-36(34(52)22-40)35(26-11-15-41(43,44)16-12-26)32(19-25-7-9-31(10-8-25)42(45,46)47)37(50-33)27-13-17-51(18-14-27)39-48-23-30(24-49-39)28-5-4-6-29(20-28)38(53)54-3/h4-10,20,23-24,26-27,34,52H,11-19,21-22H2,1-3H3/t34-/m0/s1. The van der Waals surface area contributed by atoms with Gasteiger partial charge in [-0.2, -0.15) is 13.2 Å². The molecule has 4 aromatic rings. The number of methoxy groups -OCH3 is 1. The average Bonchev–Trinajstić information content (AvgIpc) is 3.14. The van der Waals surface area contributed by atoms with Gasteiger partial charge >= 0.3 is 12.1 Å². The van der Waals surface area contributed by atoms with Gasteiger partial charge in [0.15, 0.2) is 0 Å². The number of hydrogen-bond acceptors (Lipinski definition) is 7. The molecule has 0 amide bonds. The number of ether oxygens (including phenoxy) is 1. The maximum Gasteiger partial charge on any atom is 0.416 e. The number of pyridine rings is 1. The molecule has 3 heterocycles. The first-order valence-electron chi connectivity index (χ1n) is 18.6. The van der Waals surface area contributed by atoms with Crippen LogP contribution in [-0.4, -0.2) is 52.1 Å². The van der Waals surface area contributed by atoms with Gasteiger partial charge in [0.2, 0.25) is 11.9 Å². The van der Waals surface area contributed by atoms with Crippen LogP contribution in [0.3, 0.4) is 0 Å². The summed E-state index contributed by atoms with van der Waals surface area (Å²) in [5.74, 6) is -2.84. The molecular weight excluding hydrogens is 703 g/mol. The van der Waals surface area contributed by atoms with Crippen LogP contribution in [0.15, 0.2) is 60.9 Å². The van der Waals surface area contributed by atoms with E-state index in [4.69, 9.17) is 9.72 Å². The summed E-state index contributed by atoms with van der Waals surface area (Å²) in [7, 11) is 1.34. The number of benzene rings is 2. The Morgan fingerprint density at radius 3 is 2.22 bits per heavy atom. The molecule has 7 rings (SSSR count). The molecule has 7 nitrogen and oxygen atoms in total. The van der Waals surface area contributed by atoms with E-state index in [1.807, 2.05) is 6.07 Å². The first-order valence-corrected chi connectivity index (χ1v) is 18.6. The number of fused-ring (bicyclic) bond motifs is 1. The van der Waals surface area contributed by atoms with Crippen molar-refractivity contribution < 1.29 is 36.6 Å². The van der Waals surface area contributed by atoms with E-state index < -0.39 is 29.7 Å². The highest BCUT2D eigenvalue weighted by Crippen LogP contribution is 2.50. The molecule has 2 aromatic heterocycles. The second kappa shape index (κ2) is 14.7. The van der Waals surface area contributed by atoms with E-state index in [1.165, 1.54) is 19.2 Å². The summed E-state index contributed by atoms with van der Waals surface area (Å²) in [6, 6.07) is 12.2. The van der Waals surface area contributed by atoms with Gasteiger partial charge in [0, 0.05) is 66.8 Å². The lowest BCUT2D eigenvalue weighted by Gasteiger charge is -2.40. The van der Waals surface area contributed by atoms with Crippen molar-refractivity contribution in [1.82, 2.24) is 15.0 Å². The molecule has 2 fully saturated rings. The van der Waals surface area contributed by atoms with Gasteiger partial charge in [0.1, 0.15) is 0 Å². The predicted molar refractivity (Wildman–Crippen MR) is 195 cm³/mol. The van der Waals surface area contributed by atoms with E-state index >= 15 is 0 Å². The van der Waals surface area contributed by atoms with Gasteiger partial charge < -0.3 is 14.7 Å². The number of alkyl halides is 5. The van der Waals surface area contributed by atoms with Gasteiger partial charge in [0.05, 0.1) is 24.3 Å². The molecule has 1 saturated carbocycles. The van der Waals surface area contributed by atoms with Crippen LogP contribution < -0.4 is 4.90 Å². The first-order chi connectivity index (χ1) is 25.6. The van der Waals surface area contributed by atoms with Crippen LogP contribution >= 0.6 is 0 Å². The molecule has 0 spiro atoms. The van der Waals surface area contributed by atoms with Crippen LogP contribution in [0.2, 0.25) is 0 Å². The maximum absolute atomic E-state index is 14.5. The number of hydrogen-bond donors (Lipinski definition) is 1. The van der Waals surface area contributed by atoms with Crippen LogP contribution in [-0.2, 0) is 23.8 Å². The molecular formula is C42H45F5N4O3. The Labute approximate surface area is 312 Å². The number of aliphatic hydroxyl groups excluding tert-OH is 1. The maximum atomic E-state index is 14.5. The highest BCUT2D eigenvalue weighted by atomic mass is 19.4. The lowest BCUT2D eigenvalue weighted by molar-refractivity contribution is -0.137. The third-order valence-corrected chi connectivity index (χ3v) is 11.4. The minimum atomic E-state index is -4.47. The van der Waals surface area contributed by atoms with E-state index in [-0.39, 0.29) is 49.4 Å². The Morgan fingerprint density at radius 2 is 1.59 bits per heavy atom. The van der Waals surface area contributed by atoms with Crippen molar-refractivity contribution in [2.24, 2.45) is 5.41 Å². The summed E-state index contributed by atoms with van der Waals surface area (Å²) < 4.78 is 74.4. The van der Waals surface area contributed by atoms with Crippen molar-refractivity contribution in [2.75, 3.05) is 25.1 Å².